The molecule has 88 valence electrons. The largest absolute Gasteiger partial charge is 0.344 e. The minimum atomic E-state index is -0.243. The molecule has 0 saturated carbocycles. The van der Waals surface area contributed by atoms with E-state index in [0.29, 0.717) is 11.4 Å². The Morgan fingerprint density at radius 1 is 1.47 bits per heavy atom. The summed E-state index contributed by atoms with van der Waals surface area (Å²) in [7, 11) is 0. The van der Waals surface area contributed by atoms with E-state index in [0.717, 1.165) is 5.56 Å². The fraction of sp³-hybridized carbons (Fsp3) is 0.273. The van der Waals surface area contributed by atoms with E-state index < -0.39 is 0 Å². The average molecular weight is 231 g/mol. The Morgan fingerprint density at radius 3 is 2.88 bits per heavy atom. The number of H-pyrrole nitrogens is 1. The highest BCUT2D eigenvalue weighted by molar-refractivity contribution is 5.93. The van der Waals surface area contributed by atoms with Gasteiger partial charge in [0.2, 0.25) is 0 Å². The van der Waals surface area contributed by atoms with Gasteiger partial charge in [-0.25, -0.2) is 0 Å². The third-order valence-corrected chi connectivity index (χ3v) is 2.47. The van der Waals surface area contributed by atoms with Gasteiger partial charge in [0.15, 0.2) is 5.69 Å². The van der Waals surface area contributed by atoms with Gasteiger partial charge >= 0.3 is 0 Å². The van der Waals surface area contributed by atoms with Gasteiger partial charge in [-0.2, -0.15) is 15.4 Å². The highest BCUT2D eigenvalue weighted by Crippen LogP contribution is 2.11. The molecule has 1 atom stereocenters. The molecule has 2 heterocycles. The highest BCUT2D eigenvalue weighted by atomic mass is 16.2. The quantitative estimate of drug-likeness (QED) is 0.825. The third-order valence-electron chi connectivity index (χ3n) is 2.47. The topological polar surface area (TPSA) is 83.6 Å². The molecular formula is C11H13N5O. The van der Waals surface area contributed by atoms with Crippen LogP contribution in [-0.4, -0.2) is 26.3 Å². The van der Waals surface area contributed by atoms with E-state index in [2.05, 4.69) is 25.7 Å². The van der Waals surface area contributed by atoms with Gasteiger partial charge in [-0.1, -0.05) is 6.07 Å². The van der Waals surface area contributed by atoms with Gasteiger partial charge in [0, 0.05) is 12.4 Å². The Hall–Kier alpha value is -2.24. The van der Waals surface area contributed by atoms with Crippen LogP contribution in [0.5, 0.6) is 0 Å². The molecule has 0 aromatic carbocycles. The van der Waals surface area contributed by atoms with Crippen molar-refractivity contribution in [2.75, 3.05) is 0 Å². The summed E-state index contributed by atoms with van der Waals surface area (Å²) < 4.78 is 0. The number of carbonyl (C=O) groups is 1. The zero-order valence-electron chi connectivity index (χ0n) is 9.64. The first kappa shape index (κ1) is 11.3. The normalized spacial score (nSPS) is 12.1. The fourth-order valence-electron chi connectivity index (χ4n) is 1.48. The van der Waals surface area contributed by atoms with Crippen molar-refractivity contribution in [1.29, 1.82) is 0 Å². The molecule has 0 saturated heterocycles. The Morgan fingerprint density at radius 2 is 2.29 bits per heavy atom. The molecule has 0 radical (unpaired) electrons. The molecule has 0 aliphatic carbocycles. The first-order chi connectivity index (χ1) is 8.18. The molecule has 2 aromatic heterocycles. The van der Waals surface area contributed by atoms with E-state index in [4.69, 9.17) is 0 Å². The Balaban J connectivity index is 2.08. The maximum absolute atomic E-state index is 11.9. The Labute approximate surface area is 98.5 Å². The molecule has 0 unspecified atom stereocenters. The van der Waals surface area contributed by atoms with Gasteiger partial charge < -0.3 is 5.32 Å². The molecule has 6 nitrogen and oxygen atoms in total. The molecule has 0 aliphatic rings. The van der Waals surface area contributed by atoms with E-state index in [1.807, 2.05) is 19.1 Å². The molecule has 1 amide bonds. The van der Waals surface area contributed by atoms with Crippen LogP contribution < -0.4 is 5.32 Å². The number of aromatic amines is 1. The predicted molar refractivity (Wildman–Crippen MR) is 61.2 cm³/mol. The van der Waals surface area contributed by atoms with Crippen molar-refractivity contribution in [2.24, 2.45) is 0 Å². The fourth-order valence-corrected chi connectivity index (χ4v) is 1.48. The van der Waals surface area contributed by atoms with E-state index in [9.17, 15) is 4.79 Å². The van der Waals surface area contributed by atoms with E-state index in [1.54, 1.807) is 19.3 Å². The maximum Gasteiger partial charge on any atom is 0.274 e. The summed E-state index contributed by atoms with van der Waals surface area (Å²) in [5, 5.41) is 12.9. The second-order valence-corrected chi connectivity index (χ2v) is 3.74. The molecule has 0 aliphatic heterocycles. The summed E-state index contributed by atoms with van der Waals surface area (Å²) in [5.74, 6) is -0.243. The lowest BCUT2D eigenvalue weighted by molar-refractivity contribution is 0.0934. The number of aromatic nitrogens is 4. The second kappa shape index (κ2) is 4.73. The SMILES string of the molecule is Cc1n[nH]nc1C(=O)N[C@H](C)c1cccnc1. The number of carbonyl (C=O) groups excluding carboxylic acids is 1. The zero-order chi connectivity index (χ0) is 12.3. The van der Waals surface area contributed by atoms with Gasteiger partial charge in [-0.05, 0) is 25.5 Å². The van der Waals surface area contributed by atoms with Crippen LogP contribution in [0.25, 0.3) is 0 Å². The molecule has 17 heavy (non-hydrogen) atoms. The Bertz CT molecular complexity index is 508. The van der Waals surface area contributed by atoms with Crippen molar-refractivity contribution in [1.82, 2.24) is 25.7 Å². The summed E-state index contributed by atoms with van der Waals surface area (Å²) in [4.78, 5) is 15.9. The summed E-state index contributed by atoms with van der Waals surface area (Å²) >= 11 is 0. The van der Waals surface area contributed by atoms with Gasteiger partial charge in [0.25, 0.3) is 5.91 Å². The van der Waals surface area contributed by atoms with Crippen LogP contribution in [0.2, 0.25) is 0 Å². The molecule has 2 aromatic rings. The van der Waals surface area contributed by atoms with Crippen LogP contribution in [0.15, 0.2) is 24.5 Å². The van der Waals surface area contributed by atoms with Crippen molar-refractivity contribution < 1.29 is 4.79 Å². The van der Waals surface area contributed by atoms with Crippen LogP contribution in [0.4, 0.5) is 0 Å². The first-order valence-corrected chi connectivity index (χ1v) is 5.26. The number of hydrogen-bond donors (Lipinski definition) is 2. The lowest BCUT2D eigenvalue weighted by Gasteiger charge is -2.12. The van der Waals surface area contributed by atoms with Crippen molar-refractivity contribution in [3.63, 3.8) is 0 Å². The Kier molecular flexibility index (Phi) is 3.13. The standard InChI is InChI=1S/C11H13N5O/c1-7(9-4-3-5-12-6-9)13-11(17)10-8(2)14-16-15-10/h3-7H,1-2H3,(H,13,17)(H,14,15,16)/t7-/m1/s1. The summed E-state index contributed by atoms with van der Waals surface area (Å²) in [6, 6.07) is 3.62. The monoisotopic (exact) mass is 231 g/mol. The lowest BCUT2D eigenvalue weighted by atomic mass is 10.1. The van der Waals surface area contributed by atoms with Crippen LogP contribution >= 0.6 is 0 Å². The molecule has 0 bridgehead atoms. The molecule has 6 heteroatoms. The molecular weight excluding hydrogens is 218 g/mol. The van der Waals surface area contributed by atoms with Crippen LogP contribution in [-0.2, 0) is 0 Å². The predicted octanol–water partition coefficient (Wildman–Crippen LogP) is 0.999. The van der Waals surface area contributed by atoms with Crippen molar-refractivity contribution in [3.8, 4) is 0 Å². The van der Waals surface area contributed by atoms with Crippen molar-refractivity contribution >= 4 is 5.91 Å². The number of nitrogens with one attached hydrogen (secondary N) is 2. The summed E-state index contributed by atoms with van der Waals surface area (Å²) in [6.45, 7) is 3.62. The van der Waals surface area contributed by atoms with Gasteiger partial charge in [-0.15, -0.1) is 0 Å². The van der Waals surface area contributed by atoms with E-state index in [-0.39, 0.29) is 11.9 Å². The molecule has 0 fully saturated rings. The minimum absolute atomic E-state index is 0.118. The number of nitrogens with zero attached hydrogens (tertiary/aromatic N) is 3. The minimum Gasteiger partial charge on any atom is -0.344 e. The van der Waals surface area contributed by atoms with E-state index >= 15 is 0 Å². The zero-order valence-corrected chi connectivity index (χ0v) is 9.64. The number of aryl methyl sites for hydroxylation is 1. The third kappa shape index (κ3) is 2.47. The van der Waals surface area contributed by atoms with Crippen LogP contribution in [0, 0.1) is 6.92 Å². The highest BCUT2D eigenvalue weighted by Gasteiger charge is 2.16. The number of pyridine rings is 1. The number of amides is 1. The van der Waals surface area contributed by atoms with Gasteiger partial charge in [0.05, 0.1) is 11.7 Å². The van der Waals surface area contributed by atoms with Gasteiger partial charge in [-0.3, -0.25) is 9.78 Å². The van der Waals surface area contributed by atoms with Gasteiger partial charge in [0.1, 0.15) is 0 Å². The first-order valence-electron chi connectivity index (χ1n) is 5.26. The smallest absolute Gasteiger partial charge is 0.274 e. The molecule has 0 spiro atoms. The summed E-state index contributed by atoms with van der Waals surface area (Å²) in [5.41, 5.74) is 1.85. The second-order valence-electron chi connectivity index (χ2n) is 3.74. The molecule has 2 N–H and O–H groups in total. The lowest BCUT2D eigenvalue weighted by Crippen LogP contribution is -2.27. The van der Waals surface area contributed by atoms with Crippen LogP contribution in [0.3, 0.4) is 0 Å². The maximum atomic E-state index is 11.9. The number of rotatable bonds is 3. The van der Waals surface area contributed by atoms with E-state index in [1.165, 1.54) is 0 Å². The summed E-state index contributed by atoms with van der Waals surface area (Å²) in [6.07, 6.45) is 3.42. The number of hydrogen-bond acceptors (Lipinski definition) is 4. The van der Waals surface area contributed by atoms with Crippen molar-refractivity contribution in [3.05, 3.63) is 41.5 Å². The van der Waals surface area contributed by atoms with Crippen molar-refractivity contribution in [2.45, 2.75) is 19.9 Å². The van der Waals surface area contributed by atoms with Crippen LogP contribution in [0.1, 0.15) is 34.7 Å². The average Bonchev–Trinajstić information content (AvgIpc) is 2.76. The molecule has 2 rings (SSSR count).